The molecule has 0 aliphatic rings. The van der Waals surface area contributed by atoms with Crippen LogP contribution in [0.5, 0.6) is 5.75 Å². The summed E-state index contributed by atoms with van der Waals surface area (Å²) in [4.78, 5) is 1.14. The first kappa shape index (κ1) is 12.3. The number of nitrogen functional groups attached to an aromatic ring is 1. The molecule has 0 heterocycles. The molecule has 0 aromatic heterocycles. The number of hydrogen-bond acceptors (Lipinski definition) is 3. The van der Waals surface area contributed by atoms with Gasteiger partial charge >= 0.3 is 0 Å². The van der Waals surface area contributed by atoms with Crippen molar-refractivity contribution in [1.82, 2.24) is 0 Å². The molecule has 0 unspecified atom stereocenters. The summed E-state index contributed by atoms with van der Waals surface area (Å²) in [6, 6.07) is 13.1. The lowest BCUT2D eigenvalue weighted by atomic mass is 10.2. The Labute approximate surface area is 113 Å². The maximum Gasteiger partial charge on any atom is 0.115 e. The minimum Gasteiger partial charge on any atom is -0.508 e. The fourth-order valence-electron chi connectivity index (χ4n) is 1.44. The van der Waals surface area contributed by atoms with E-state index in [0.29, 0.717) is 5.75 Å². The molecule has 3 N–H and O–H groups in total. The SMILES string of the molecule is Nc1ccc(SCc2cccc(O)c2)c(Br)c1. The van der Waals surface area contributed by atoms with Gasteiger partial charge < -0.3 is 10.8 Å². The highest BCUT2D eigenvalue weighted by Crippen LogP contribution is 2.31. The van der Waals surface area contributed by atoms with E-state index in [1.807, 2.05) is 30.3 Å². The fourth-order valence-corrected chi connectivity index (χ4v) is 3.04. The molecule has 0 amide bonds. The molecule has 0 saturated heterocycles. The number of aromatic hydroxyl groups is 1. The van der Waals surface area contributed by atoms with Gasteiger partial charge in [-0.2, -0.15) is 0 Å². The molecule has 88 valence electrons. The Hall–Kier alpha value is -1.13. The normalized spacial score (nSPS) is 10.4. The summed E-state index contributed by atoms with van der Waals surface area (Å²) in [5.41, 5.74) is 7.53. The summed E-state index contributed by atoms with van der Waals surface area (Å²) < 4.78 is 1.00. The Bertz CT molecular complexity index is 531. The number of phenolic OH excluding ortho intramolecular Hbond substituents is 1. The monoisotopic (exact) mass is 309 g/mol. The van der Waals surface area contributed by atoms with Crippen LogP contribution in [0.2, 0.25) is 0 Å². The number of thioether (sulfide) groups is 1. The van der Waals surface area contributed by atoms with Gasteiger partial charge in [0, 0.05) is 20.8 Å². The second-order valence-corrected chi connectivity index (χ2v) is 5.52. The molecule has 2 rings (SSSR count). The third-order valence-electron chi connectivity index (χ3n) is 2.26. The van der Waals surface area contributed by atoms with E-state index >= 15 is 0 Å². The van der Waals surface area contributed by atoms with Gasteiger partial charge in [0.2, 0.25) is 0 Å². The summed E-state index contributed by atoms with van der Waals surface area (Å²) in [6.45, 7) is 0. The predicted molar refractivity (Wildman–Crippen MR) is 76.2 cm³/mol. The summed E-state index contributed by atoms with van der Waals surface area (Å²) >= 11 is 5.19. The number of phenols is 1. The molecular formula is C13H12BrNOS. The van der Waals surface area contributed by atoms with Gasteiger partial charge in [-0.1, -0.05) is 12.1 Å². The molecule has 0 radical (unpaired) electrons. The van der Waals surface area contributed by atoms with Crippen molar-refractivity contribution in [2.24, 2.45) is 0 Å². The van der Waals surface area contributed by atoms with Crippen molar-refractivity contribution in [2.75, 3.05) is 5.73 Å². The molecule has 17 heavy (non-hydrogen) atoms. The Morgan fingerprint density at radius 3 is 2.71 bits per heavy atom. The van der Waals surface area contributed by atoms with Crippen LogP contribution >= 0.6 is 27.7 Å². The van der Waals surface area contributed by atoms with E-state index in [1.54, 1.807) is 23.9 Å². The van der Waals surface area contributed by atoms with Crippen LogP contribution in [0.1, 0.15) is 5.56 Å². The molecule has 0 bridgehead atoms. The van der Waals surface area contributed by atoms with Crippen LogP contribution in [0.3, 0.4) is 0 Å². The topological polar surface area (TPSA) is 46.2 Å². The largest absolute Gasteiger partial charge is 0.508 e. The smallest absolute Gasteiger partial charge is 0.115 e. The lowest BCUT2D eigenvalue weighted by Crippen LogP contribution is -1.85. The maximum atomic E-state index is 9.37. The molecule has 0 atom stereocenters. The van der Waals surface area contributed by atoms with E-state index in [-0.39, 0.29) is 0 Å². The number of rotatable bonds is 3. The summed E-state index contributed by atoms with van der Waals surface area (Å²) in [6.07, 6.45) is 0. The van der Waals surface area contributed by atoms with Crippen LogP contribution in [0.15, 0.2) is 51.8 Å². The Morgan fingerprint density at radius 2 is 2.00 bits per heavy atom. The number of halogens is 1. The standard InChI is InChI=1S/C13H12BrNOS/c14-12-7-10(15)4-5-13(12)17-8-9-2-1-3-11(16)6-9/h1-7,16H,8,15H2. The summed E-state index contributed by atoms with van der Waals surface area (Å²) in [5, 5.41) is 9.37. The quantitative estimate of drug-likeness (QED) is 0.664. The number of anilines is 1. The van der Waals surface area contributed by atoms with Crippen LogP contribution < -0.4 is 5.73 Å². The molecule has 2 aromatic rings. The molecule has 2 nitrogen and oxygen atoms in total. The maximum absolute atomic E-state index is 9.37. The van der Waals surface area contributed by atoms with Crippen molar-refractivity contribution in [2.45, 2.75) is 10.6 Å². The van der Waals surface area contributed by atoms with E-state index in [2.05, 4.69) is 15.9 Å². The van der Waals surface area contributed by atoms with Crippen molar-refractivity contribution in [3.63, 3.8) is 0 Å². The second kappa shape index (κ2) is 5.47. The molecule has 0 fully saturated rings. The molecule has 2 aromatic carbocycles. The van der Waals surface area contributed by atoms with Crippen molar-refractivity contribution < 1.29 is 5.11 Å². The lowest BCUT2D eigenvalue weighted by molar-refractivity contribution is 0.475. The van der Waals surface area contributed by atoms with E-state index < -0.39 is 0 Å². The molecular weight excluding hydrogens is 298 g/mol. The molecule has 0 saturated carbocycles. The fraction of sp³-hybridized carbons (Fsp3) is 0.0769. The van der Waals surface area contributed by atoms with Crippen LogP contribution in [0, 0.1) is 0 Å². The first-order chi connectivity index (χ1) is 8.15. The van der Waals surface area contributed by atoms with Crippen LogP contribution in [-0.2, 0) is 5.75 Å². The van der Waals surface area contributed by atoms with Gasteiger partial charge in [-0.05, 0) is 51.8 Å². The Balaban J connectivity index is 2.07. The first-order valence-electron chi connectivity index (χ1n) is 5.11. The Kier molecular flexibility index (Phi) is 3.97. The van der Waals surface area contributed by atoms with Crippen molar-refractivity contribution in [3.8, 4) is 5.75 Å². The third kappa shape index (κ3) is 3.41. The highest BCUT2D eigenvalue weighted by molar-refractivity contribution is 9.10. The second-order valence-electron chi connectivity index (χ2n) is 3.65. The average Bonchev–Trinajstić information content (AvgIpc) is 2.28. The molecule has 0 aliphatic heterocycles. The minimum absolute atomic E-state index is 0.305. The van der Waals surface area contributed by atoms with Gasteiger partial charge in [-0.15, -0.1) is 11.8 Å². The minimum atomic E-state index is 0.305. The van der Waals surface area contributed by atoms with Crippen LogP contribution in [0.25, 0.3) is 0 Å². The van der Waals surface area contributed by atoms with Crippen molar-refractivity contribution in [1.29, 1.82) is 0 Å². The summed E-state index contributed by atoms with van der Waals surface area (Å²) in [5.74, 6) is 1.12. The number of hydrogen-bond donors (Lipinski definition) is 2. The van der Waals surface area contributed by atoms with Crippen molar-refractivity contribution >= 4 is 33.4 Å². The van der Waals surface area contributed by atoms with Crippen molar-refractivity contribution in [3.05, 3.63) is 52.5 Å². The van der Waals surface area contributed by atoms with Gasteiger partial charge in [-0.3, -0.25) is 0 Å². The van der Waals surface area contributed by atoms with Gasteiger partial charge in [0.25, 0.3) is 0 Å². The molecule has 0 aliphatic carbocycles. The van der Waals surface area contributed by atoms with Crippen LogP contribution in [0.4, 0.5) is 5.69 Å². The predicted octanol–water partition coefficient (Wildman–Crippen LogP) is 4.03. The zero-order valence-electron chi connectivity index (χ0n) is 9.06. The van der Waals surface area contributed by atoms with E-state index in [0.717, 1.165) is 26.4 Å². The highest BCUT2D eigenvalue weighted by Gasteiger charge is 2.02. The van der Waals surface area contributed by atoms with Gasteiger partial charge in [0.05, 0.1) is 0 Å². The van der Waals surface area contributed by atoms with Gasteiger partial charge in [0.15, 0.2) is 0 Å². The number of nitrogens with two attached hydrogens (primary N) is 1. The lowest BCUT2D eigenvalue weighted by Gasteiger charge is -2.05. The van der Waals surface area contributed by atoms with E-state index in [1.165, 1.54) is 0 Å². The van der Waals surface area contributed by atoms with Gasteiger partial charge in [0.1, 0.15) is 5.75 Å². The van der Waals surface area contributed by atoms with Crippen LogP contribution in [-0.4, -0.2) is 5.11 Å². The van der Waals surface area contributed by atoms with E-state index in [4.69, 9.17) is 5.73 Å². The molecule has 4 heteroatoms. The van der Waals surface area contributed by atoms with E-state index in [9.17, 15) is 5.11 Å². The summed E-state index contributed by atoms with van der Waals surface area (Å²) in [7, 11) is 0. The zero-order chi connectivity index (χ0) is 12.3. The first-order valence-corrected chi connectivity index (χ1v) is 6.89. The van der Waals surface area contributed by atoms with Gasteiger partial charge in [-0.25, -0.2) is 0 Å². The number of benzene rings is 2. The highest BCUT2D eigenvalue weighted by atomic mass is 79.9. The average molecular weight is 310 g/mol. The zero-order valence-corrected chi connectivity index (χ0v) is 11.5. The third-order valence-corrected chi connectivity index (χ3v) is 4.32. The molecule has 0 spiro atoms. The Morgan fingerprint density at radius 1 is 1.18 bits per heavy atom.